The van der Waals surface area contributed by atoms with E-state index in [4.69, 9.17) is 4.42 Å². The largest absolute Gasteiger partial charge is 0.449 e. The smallest absolute Gasteiger partial charge is 0.291 e. The summed E-state index contributed by atoms with van der Waals surface area (Å²) in [5, 5.41) is 9.29. The third-order valence-corrected chi connectivity index (χ3v) is 2.52. The standard InChI is InChI=1S/C13H10N4O2/c18-13(16-9-2-1-6-14-8-9)12-4-3-11(19-12)10-5-7-15-17-10/h1-8H,(H,15,17)(H,16,18). The number of carbonyl (C=O) groups is 1. The van der Waals surface area contributed by atoms with Crippen molar-refractivity contribution in [2.45, 2.75) is 0 Å². The van der Waals surface area contributed by atoms with E-state index in [9.17, 15) is 4.79 Å². The van der Waals surface area contributed by atoms with Gasteiger partial charge in [-0.25, -0.2) is 0 Å². The van der Waals surface area contributed by atoms with Crippen molar-refractivity contribution in [2.24, 2.45) is 0 Å². The molecule has 2 N–H and O–H groups in total. The normalized spacial score (nSPS) is 10.3. The quantitative estimate of drug-likeness (QED) is 0.751. The zero-order valence-electron chi connectivity index (χ0n) is 9.83. The molecule has 0 bridgehead atoms. The first kappa shape index (κ1) is 11.2. The number of aromatic nitrogens is 3. The third kappa shape index (κ3) is 2.37. The monoisotopic (exact) mass is 254 g/mol. The van der Waals surface area contributed by atoms with E-state index in [1.54, 1.807) is 48.9 Å². The van der Waals surface area contributed by atoms with Gasteiger partial charge in [0.1, 0.15) is 5.69 Å². The topological polar surface area (TPSA) is 83.8 Å². The van der Waals surface area contributed by atoms with Gasteiger partial charge < -0.3 is 9.73 Å². The van der Waals surface area contributed by atoms with Crippen LogP contribution in [-0.4, -0.2) is 21.1 Å². The Labute approximate surface area is 108 Å². The molecule has 0 radical (unpaired) electrons. The first-order valence-corrected chi connectivity index (χ1v) is 5.64. The minimum absolute atomic E-state index is 0.230. The number of pyridine rings is 1. The van der Waals surface area contributed by atoms with Gasteiger partial charge in [0, 0.05) is 12.4 Å². The van der Waals surface area contributed by atoms with Gasteiger partial charge >= 0.3 is 0 Å². The predicted octanol–water partition coefficient (Wildman–Crippen LogP) is 2.32. The number of nitrogens with one attached hydrogen (secondary N) is 2. The van der Waals surface area contributed by atoms with E-state index in [1.165, 1.54) is 0 Å². The van der Waals surface area contributed by atoms with Crippen LogP contribution >= 0.6 is 0 Å². The molecule has 0 aliphatic rings. The van der Waals surface area contributed by atoms with Crippen molar-refractivity contribution >= 4 is 11.6 Å². The summed E-state index contributed by atoms with van der Waals surface area (Å²) in [5.74, 6) is 0.473. The molecule has 0 fully saturated rings. The van der Waals surface area contributed by atoms with Crippen molar-refractivity contribution in [1.82, 2.24) is 15.2 Å². The molecule has 94 valence electrons. The van der Waals surface area contributed by atoms with Crippen molar-refractivity contribution in [3.05, 3.63) is 54.7 Å². The number of carbonyl (C=O) groups excluding carboxylic acids is 1. The number of anilines is 1. The first-order valence-electron chi connectivity index (χ1n) is 5.64. The van der Waals surface area contributed by atoms with E-state index in [0.29, 0.717) is 11.4 Å². The number of hydrogen-bond acceptors (Lipinski definition) is 4. The highest BCUT2D eigenvalue weighted by molar-refractivity contribution is 6.02. The summed E-state index contributed by atoms with van der Waals surface area (Å²) in [5.41, 5.74) is 1.34. The average molecular weight is 254 g/mol. The van der Waals surface area contributed by atoms with Gasteiger partial charge in [-0.1, -0.05) is 0 Å². The minimum atomic E-state index is -0.321. The molecule has 3 rings (SSSR count). The fourth-order valence-corrected chi connectivity index (χ4v) is 1.63. The van der Waals surface area contributed by atoms with Crippen LogP contribution in [0.15, 0.2) is 53.3 Å². The van der Waals surface area contributed by atoms with Gasteiger partial charge in [0.25, 0.3) is 5.91 Å². The number of nitrogens with zero attached hydrogens (tertiary/aromatic N) is 2. The Morgan fingerprint density at radius 1 is 1.21 bits per heavy atom. The molecule has 0 unspecified atom stereocenters. The van der Waals surface area contributed by atoms with Gasteiger partial charge in [-0.15, -0.1) is 0 Å². The second-order valence-corrected chi connectivity index (χ2v) is 3.83. The predicted molar refractivity (Wildman–Crippen MR) is 68.5 cm³/mol. The van der Waals surface area contributed by atoms with Gasteiger partial charge in [0.05, 0.1) is 11.9 Å². The third-order valence-electron chi connectivity index (χ3n) is 2.52. The molecule has 6 nitrogen and oxygen atoms in total. The number of hydrogen-bond donors (Lipinski definition) is 2. The molecular weight excluding hydrogens is 244 g/mol. The molecule has 0 spiro atoms. The molecule has 3 aromatic heterocycles. The molecular formula is C13H10N4O2. The summed E-state index contributed by atoms with van der Waals surface area (Å²) >= 11 is 0. The number of H-pyrrole nitrogens is 1. The fourth-order valence-electron chi connectivity index (χ4n) is 1.63. The number of furan rings is 1. The van der Waals surface area contributed by atoms with E-state index in [0.717, 1.165) is 5.69 Å². The highest BCUT2D eigenvalue weighted by atomic mass is 16.4. The molecule has 0 aliphatic carbocycles. The van der Waals surface area contributed by atoms with Gasteiger partial charge in [-0.2, -0.15) is 5.10 Å². The van der Waals surface area contributed by atoms with Crippen LogP contribution in [0.25, 0.3) is 11.5 Å². The van der Waals surface area contributed by atoms with Crippen LogP contribution < -0.4 is 5.32 Å². The lowest BCUT2D eigenvalue weighted by Gasteiger charge is -2.01. The van der Waals surface area contributed by atoms with Crippen LogP contribution in [0.2, 0.25) is 0 Å². The molecule has 6 heteroatoms. The van der Waals surface area contributed by atoms with Gasteiger partial charge in [0.2, 0.25) is 0 Å². The molecule has 19 heavy (non-hydrogen) atoms. The summed E-state index contributed by atoms with van der Waals surface area (Å²) in [4.78, 5) is 15.9. The Morgan fingerprint density at radius 2 is 2.16 bits per heavy atom. The highest BCUT2D eigenvalue weighted by Crippen LogP contribution is 2.20. The summed E-state index contributed by atoms with van der Waals surface area (Å²) < 4.78 is 5.46. The van der Waals surface area contributed by atoms with Crippen LogP contribution in [0, 0.1) is 0 Å². The van der Waals surface area contributed by atoms with Gasteiger partial charge in [0.15, 0.2) is 11.5 Å². The first-order chi connectivity index (χ1) is 9.33. The van der Waals surface area contributed by atoms with Crippen LogP contribution in [0.1, 0.15) is 10.6 Å². The maximum absolute atomic E-state index is 11.9. The minimum Gasteiger partial charge on any atom is -0.449 e. The second-order valence-electron chi connectivity index (χ2n) is 3.83. The summed E-state index contributed by atoms with van der Waals surface area (Å²) in [7, 11) is 0. The van der Waals surface area contributed by atoms with E-state index in [1.807, 2.05) is 0 Å². The van der Waals surface area contributed by atoms with Crippen LogP contribution in [0.4, 0.5) is 5.69 Å². The van der Waals surface area contributed by atoms with E-state index >= 15 is 0 Å². The van der Waals surface area contributed by atoms with Crippen molar-refractivity contribution in [1.29, 1.82) is 0 Å². The number of aromatic amines is 1. The molecule has 3 heterocycles. The zero-order valence-corrected chi connectivity index (χ0v) is 9.83. The van der Waals surface area contributed by atoms with Crippen molar-refractivity contribution < 1.29 is 9.21 Å². The lowest BCUT2D eigenvalue weighted by Crippen LogP contribution is -2.10. The Hall–Kier alpha value is -2.89. The molecule has 0 saturated carbocycles. The maximum Gasteiger partial charge on any atom is 0.291 e. The van der Waals surface area contributed by atoms with Crippen molar-refractivity contribution in [3.63, 3.8) is 0 Å². The van der Waals surface area contributed by atoms with E-state index in [-0.39, 0.29) is 11.7 Å². The van der Waals surface area contributed by atoms with Crippen molar-refractivity contribution in [3.8, 4) is 11.5 Å². The summed E-state index contributed by atoms with van der Waals surface area (Å²) in [6.45, 7) is 0. The average Bonchev–Trinajstić information content (AvgIpc) is 3.11. The molecule has 0 aromatic carbocycles. The molecule has 0 saturated heterocycles. The molecule has 0 atom stereocenters. The van der Waals surface area contributed by atoms with Crippen LogP contribution in [-0.2, 0) is 0 Å². The van der Waals surface area contributed by atoms with E-state index in [2.05, 4.69) is 20.5 Å². The Kier molecular flexibility index (Phi) is 2.82. The SMILES string of the molecule is O=C(Nc1cccnc1)c1ccc(-c2ccn[nH]2)o1. The van der Waals surface area contributed by atoms with Crippen LogP contribution in [0.5, 0.6) is 0 Å². The van der Waals surface area contributed by atoms with E-state index < -0.39 is 0 Å². The van der Waals surface area contributed by atoms with Gasteiger partial charge in [-0.05, 0) is 30.3 Å². The lowest BCUT2D eigenvalue weighted by atomic mass is 10.3. The number of amides is 1. The fraction of sp³-hybridized carbons (Fsp3) is 0. The molecule has 3 aromatic rings. The Morgan fingerprint density at radius 3 is 2.89 bits per heavy atom. The zero-order chi connectivity index (χ0) is 13.1. The Bertz CT molecular complexity index is 674. The molecule has 1 amide bonds. The molecule has 0 aliphatic heterocycles. The van der Waals surface area contributed by atoms with Gasteiger partial charge in [-0.3, -0.25) is 14.9 Å². The second kappa shape index (κ2) is 4.77. The maximum atomic E-state index is 11.9. The lowest BCUT2D eigenvalue weighted by molar-refractivity contribution is 0.0997. The summed E-state index contributed by atoms with van der Waals surface area (Å²) in [6.07, 6.45) is 4.82. The number of rotatable bonds is 3. The summed E-state index contributed by atoms with van der Waals surface area (Å²) in [6, 6.07) is 8.59. The highest BCUT2D eigenvalue weighted by Gasteiger charge is 2.12. The van der Waals surface area contributed by atoms with Crippen LogP contribution in [0.3, 0.4) is 0 Å². The Balaban J connectivity index is 1.78. The van der Waals surface area contributed by atoms with Crippen molar-refractivity contribution in [2.75, 3.05) is 5.32 Å².